The Balaban J connectivity index is 1.80. The highest BCUT2D eigenvalue weighted by Gasteiger charge is 2.28. The SMILES string of the molecule is Cc1ccc(C(C)(O)CNC(=O)c2c(Cl)nc3ccccn23)o1. The van der Waals surface area contributed by atoms with Gasteiger partial charge in [-0.05, 0) is 38.1 Å². The van der Waals surface area contributed by atoms with Crippen molar-refractivity contribution < 1.29 is 14.3 Å². The van der Waals surface area contributed by atoms with Gasteiger partial charge in [0.15, 0.2) is 10.8 Å². The number of aryl methyl sites for hydroxylation is 1. The Labute approximate surface area is 137 Å². The van der Waals surface area contributed by atoms with E-state index >= 15 is 0 Å². The summed E-state index contributed by atoms with van der Waals surface area (Å²) in [6.07, 6.45) is 1.71. The van der Waals surface area contributed by atoms with Gasteiger partial charge in [-0.3, -0.25) is 9.20 Å². The second kappa shape index (κ2) is 5.72. The molecule has 3 aromatic rings. The lowest BCUT2D eigenvalue weighted by Gasteiger charge is -2.21. The van der Waals surface area contributed by atoms with Crippen molar-refractivity contribution in [3.05, 3.63) is 58.9 Å². The minimum Gasteiger partial charge on any atom is -0.463 e. The average molecular weight is 334 g/mol. The first-order valence-electron chi connectivity index (χ1n) is 7.08. The van der Waals surface area contributed by atoms with Gasteiger partial charge in [-0.2, -0.15) is 0 Å². The van der Waals surface area contributed by atoms with Crippen LogP contribution in [0, 0.1) is 6.92 Å². The zero-order valence-corrected chi connectivity index (χ0v) is 13.5. The number of halogens is 1. The third-order valence-corrected chi connectivity index (χ3v) is 3.83. The lowest BCUT2D eigenvalue weighted by Crippen LogP contribution is -2.38. The van der Waals surface area contributed by atoms with Gasteiger partial charge in [0.25, 0.3) is 5.91 Å². The van der Waals surface area contributed by atoms with Gasteiger partial charge in [-0.1, -0.05) is 17.7 Å². The van der Waals surface area contributed by atoms with Crippen molar-refractivity contribution in [3.8, 4) is 0 Å². The lowest BCUT2D eigenvalue weighted by molar-refractivity contribution is 0.0322. The number of hydrogen-bond donors (Lipinski definition) is 2. The highest BCUT2D eigenvalue weighted by molar-refractivity contribution is 6.32. The van der Waals surface area contributed by atoms with E-state index in [2.05, 4.69) is 10.3 Å². The monoisotopic (exact) mass is 333 g/mol. The fourth-order valence-corrected chi connectivity index (χ4v) is 2.58. The van der Waals surface area contributed by atoms with Crippen LogP contribution in [0.5, 0.6) is 0 Å². The molecule has 0 radical (unpaired) electrons. The number of imidazole rings is 1. The number of hydrogen-bond acceptors (Lipinski definition) is 4. The molecule has 1 amide bonds. The molecule has 0 aliphatic heterocycles. The molecular formula is C16H16ClN3O3. The zero-order valence-electron chi connectivity index (χ0n) is 12.7. The van der Waals surface area contributed by atoms with E-state index < -0.39 is 11.5 Å². The summed E-state index contributed by atoms with van der Waals surface area (Å²) in [5.41, 5.74) is -0.513. The standard InChI is InChI=1S/C16H16ClN3O3/c1-10-6-7-11(23-10)16(2,22)9-18-15(21)13-14(17)19-12-5-3-4-8-20(12)13/h3-8,22H,9H2,1-2H3,(H,18,21). The molecular weight excluding hydrogens is 318 g/mol. The first-order chi connectivity index (χ1) is 10.9. The minimum atomic E-state index is -1.32. The Kier molecular flexibility index (Phi) is 3.87. The van der Waals surface area contributed by atoms with E-state index in [-0.39, 0.29) is 17.4 Å². The van der Waals surface area contributed by atoms with E-state index in [4.69, 9.17) is 16.0 Å². The summed E-state index contributed by atoms with van der Waals surface area (Å²) >= 11 is 6.06. The van der Waals surface area contributed by atoms with E-state index in [0.29, 0.717) is 17.2 Å². The van der Waals surface area contributed by atoms with Crippen LogP contribution in [0.1, 0.15) is 28.9 Å². The van der Waals surface area contributed by atoms with Gasteiger partial charge in [-0.15, -0.1) is 0 Å². The number of furan rings is 1. The molecule has 3 rings (SSSR count). The Morgan fingerprint density at radius 2 is 2.22 bits per heavy atom. The van der Waals surface area contributed by atoms with Crippen molar-refractivity contribution >= 4 is 23.2 Å². The number of nitrogens with one attached hydrogen (secondary N) is 1. The molecule has 0 spiro atoms. The predicted molar refractivity (Wildman–Crippen MR) is 85.6 cm³/mol. The number of rotatable bonds is 4. The van der Waals surface area contributed by atoms with Gasteiger partial charge in [0.1, 0.15) is 22.8 Å². The molecule has 23 heavy (non-hydrogen) atoms. The third kappa shape index (κ3) is 2.95. The van der Waals surface area contributed by atoms with Crippen LogP contribution in [0.15, 0.2) is 40.9 Å². The minimum absolute atomic E-state index is 0.0187. The maximum Gasteiger partial charge on any atom is 0.271 e. The molecule has 6 nitrogen and oxygen atoms in total. The number of fused-ring (bicyclic) bond motifs is 1. The Morgan fingerprint density at radius 3 is 2.91 bits per heavy atom. The molecule has 0 saturated carbocycles. The number of amides is 1. The lowest BCUT2D eigenvalue weighted by atomic mass is 10.0. The van der Waals surface area contributed by atoms with Gasteiger partial charge in [-0.25, -0.2) is 4.98 Å². The van der Waals surface area contributed by atoms with Gasteiger partial charge in [0, 0.05) is 6.20 Å². The summed E-state index contributed by atoms with van der Waals surface area (Å²) in [6, 6.07) is 8.79. The van der Waals surface area contributed by atoms with Gasteiger partial charge < -0.3 is 14.8 Å². The summed E-state index contributed by atoms with van der Waals surface area (Å²) in [5, 5.41) is 13.2. The van der Waals surface area contributed by atoms with Crippen molar-refractivity contribution in [2.24, 2.45) is 0 Å². The predicted octanol–water partition coefficient (Wildman–Crippen LogP) is 2.53. The Hall–Kier alpha value is -2.31. The van der Waals surface area contributed by atoms with Crippen LogP contribution in [-0.2, 0) is 5.60 Å². The topological polar surface area (TPSA) is 79.8 Å². The molecule has 0 aliphatic carbocycles. The van der Waals surface area contributed by atoms with Crippen molar-refractivity contribution in [2.75, 3.05) is 6.54 Å². The number of nitrogens with zero attached hydrogens (tertiary/aromatic N) is 2. The van der Waals surface area contributed by atoms with E-state index in [0.717, 1.165) is 0 Å². The number of pyridine rings is 1. The van der Waals surface area contributed by atoms with E-state index in [1.54, 1.807) is 48.7 Å². The summed E-state index contributed by atoms with van der Waals surface area (Å²) < 4.78 is 7.02. The third-order valence-electron chi connectivity index (χ3n) is 3.57. The summed E-state index contributed by atoms with van der Waals surface area (Å²) in [5.74, 6) is 0.660. The summed E-state index contributed by atoms with van der Waals surface area (Å²) in [6.45, 7) is 3.34. The van der Waals surface area contributed by atoms with Crippen LogP contribution < -0.4 is 5.32 Å². The van der Waals surface area contributed by atoms with Gasteiger partial charge in [0.2, 0.25) is 0 Å². The summed E-state index contributed by atoms with van der Waals surface area (Å²) in [4.78, 5) is 16.6. The fourth-order valence-electron chi connectivity index (χ4n) is 2.32. The first-order valence-corrected chi connectivity index (χ1v) is 7.46. The number of aromatic nitrogens is 2. The van der Waals surface area contributed by atoms with Crippen LogP contribution in [0.2, 0.25) is 5.15 Å². The average Bonchev–Trinajstić information content (AvgIpc) is 3.08. The zero-order chi connectivity index (χ0) is 16.6. The molecule has 0 aliphatic rings. The number of carbonyl (C=O) groups excluding carboxylic acids is 1. The molecule has 120 valence electrons. The summed E-state index contributed by atoms with van der Waals surface area (Å²) in [7, 11) is 0. The first kappa shape index (κ1) is 15.6. The molecule has 0 aromatic carbocycles. The highest BCUT2D eigenvalue weighted by atomic mass is 35.5. The molecule has 1 unspecified atom stereocenters. The second-order valence-corrected chi connectivity index (χ2v) is 5.90. The van der Waals surface area contributed by atoms with Crippen molar-refractivity contribution in [1.82, 2.24) is 14.7 Å². The molecule has 1 atom stereocenters. The van der Waals surface area contributed by atoms with Crippen molar-refractivity contribution in [1.29, 1.82) is 0 Å². The second-order valence-electron chi connectivity index (χ2n) is 5.55. The fraction of sp³-hybridized carbons (Fsp3) is 0.250. The van der Waals surface area contributed by atoms with E-state index in [1.165, 1.54) is 0 Å². The smallest absolute Gasteiger partial charge is 0.271 e. The normalized spacial score (nSPS) is 13.9. The maximum absolute atomic E-state index is 12.4. The Bertz CT molecular complexity index is 866. The molecule has 0 saturated heterocycles. The van der Waals surface area contributed by atoms with E-state index in [9.17, 15) is 9.90 Å². The largest absolute Gasteiger partial charge is 0.463 e. The molecule has 0 fully saturated rings. The van der Waals surface area contributed by atoms with Crippen LogP contribution in [-0.4, -0.2) is 26.9 Å². The van der Waals surface area contributed by atoms with Crippen LogP contribution >= 0.6 is 11.6 Å². The number of carbonyl (C=O) groups is 1. The molecule has 3 heterocycles. The Morgan fingerprint density at radius 1 is 1.43 bits per heavy atom. The quantitative estimate of drug-likeness (QED) is 0.769. The van der Waals surface area contributed by atoms with Crippen molar-refractivity contribution in [3.63, 3.8) is 0 Å². The molecule has 2 N–H and O–H groups in total. The number of aliphatic hydroxyl groups is 1. The molecule has 0 bridgehead atoms. The van der Waals surface area contributed by atoms with Crippen LogP contribution in [0.4, 0.5) is 0 Å². The molecule has 3 aromatic heterocycles. The highest BCUT2D eigenvalue weighted by Crippen LogP contribution is 2.23. The van der Waals surface area contributed by atoms with Gasteiger partial charge in [0.05, 0.1) is 6.54 Å². The molecule has 7 heteroatoms. The van der Waals surface area contributed by atoms with Gasteiger partial charge >= 0.3 is 0 Å². The van der Waals surface area contributed by atoms with E-state index in [1.807, 2.05) is 6.07 Å². The van der Waals surface area contributed by atoms with Crippen LogP contribution in [0.3, 0.4) is 0 Å². The van der Waals surface area contributed by atoms with Crippen molar-refractivity contribution in [2.45, 2.75) is 19.4 Å². The maximum atomic E-state index is 12.4. The van der Waals surface area contributed by atoms with Crippen LogP contribution in [0.25, 0.3) is 5.65 Å².